The fraction of sp³-hybridized carbons (Fsp3) is 0.240. The number of anilines is 2. The Morgan fingerprint density at radius 2 is 1.57 bits per heavy atom. The van der Waals surface area contributed by atoms with Gasteiger partial charge in [-0.1, -0.05) is 47.5 Å². The number of halogens is 2. The van der Waals surface area contributed by atoms with Crippen molar-refractivity contribution < 1.29 is 18.3 Å². The molecule has 2 amide bonds. The zero-order chi connectivity index (χ0) is 25.8. The van der Waals surface area contributed by atoms with Crippen molar-refractivity contribution >= 4 is 50.6 Å². The lowest BCUT2D eigenvalue weighted by Gasteiger charge is -2.17. The number of hydrogen-bond donors (Lipinski definition) is 4. The molecule has 10 heteroatoms. The third-order valence-electron chi connectivity index (χ3n) is 5.06. The summed E-state index contributed by atoms with van der Waals surface area (Å²) in [7, 11) is -3.83. The Morgan fingerprint density at radius 1 is 0.971 bits per heavy atom. The van der Waals surface area contributed by atoms with Crippen molar-refractivity contribution in [2.45, 2.75) is 43.7 Å². The van der Waals surface area contributed by atoms with Crippen LogP contribution in [0.4, 0.5) is 16.2 Å². The molecule has 3 aromatic carbocycles. The maximum atomic E-state index is 12.7. The third kappa shape index (κ3) is 7.60. The Labute approximate surface area is 215 Å². The highest BCUT2D eigenvalue weighted by atomic mass is 35.5. The molecule has 0 spiro atoms. The number of sulfonamides is 1. The first-order chi connectivity index (χ1) is 16.3. The number of rotatable bonds is 8. The summed E-state index contributed by atoms with van der Waals surface area (Å²) < 4.78 is 28.0. The van der Waals surface area contributed by atoms with E-state index in [0.717, 1.165) is 5.56 Å². The molecule has 0 unspecified atom stereocenters. The Hall–Kier alpha value is -2.78. The quantitative estimate of drug-likeness (QED) is 0.284. The van der Waals surface area contributed by atoms with E-state index in [1.54, 1.807) is 63.2 Å². The van der Waals surface area contributed by atoms with Gasteiger partial charge in [-0.15, -0.1) is 0 Å². The van der Waals surface area contributed by atoms with Crippen LogP contribution in [-0.2, 0) is 16.4 Å². The van der Waals surface area contributed by atoms with E-state index in [-0.39, 0.29) is 4.90 Å². The normalized spacial score (nSPS) is 12.6. The van der Waals surface area contributed by atoms with Gasteiger partial charge in [0.25, 0.3) is 10.0 Å². The number of aliphatic hydroxyl groups is 1. The minimum atomic E-state index is -3.83. The molecule has 0 saturated carbocycles. The van der Waals surface area contributed by atoms with Gasteiger partial charge in [0.2, 0.25) is 0 Å². The zero-order valence-electron chi connectivity index (χ0n) is 19.5. The number of hydrogen-bond acceptors (Lipinski definition) is 4. The summed E-state index contributed by atoms with van der Waals surface area (Å²) in [5.74, 6) is 0. The molecule has 3 aromatic rings. The summed E-state index contributed by atoms with van der Waals surface area (Å²) in [6.45, 7) is 5.19. The van der Waals surface area contributed by atoms with E-state index in [4.69, 9.17) is 23.2 Å². The fourth-order valence-corrected chi connectivity index (χ4v) is 4.95. The molecule has 0 fully saturated rings. The van der Waals surface area contributed by atoms with Crippen LogP contribution in [-0.4, -0.2) is 25.2 Å². The summed E-state index contributed by atoms with van der Waals surface area (Å²) >= 11 is 12.2. The van der Waals surface area contributed by atoms with E-state index < -0.39 is 27.7 Å². The first-order valence-corrected chi connectivity index (χ1v) is 13.0. The van der Waals surface area contributed by atoms with E-state index in [9.17, 15) is 18.3 Å². The number of benzene rings is 3. The number of amides is 2. The average molecular weight is 536 g/mol. The van der Waals surface area contributed by atoms with Gasteiger partial charge >= 0.3 is 6.03 Å². The van der Waals surface area contributed by atoms with Crippen LogP contribution in [0, 0.1) is 0 Å². The molecule has 3 rings (SSSR count). The summed E-state index contributed by atoms with van der Waals surface area (Å²) in [6, 6.07) is 16.9. The molecule has 186 valence electrons. The van der Waals surface area contributed by atoms with Crippen molar-refractivity contribution in [1.29, 1.82) is 0 Å². The van der Waals surface area contributed by atoms with Gasteiger partial charge in [0.1, 0.15) is 0 Å². The molecule has 0 aromatic heterocycles. The molecule has 4 N–H and O–H groups in total. The lowest BCUT2D eigenvalue weighted by molar-refractivity contribution is 0.0810. The van der Waals surface area contributed by atoms with Gasteiger partial charge in [-0.25, -0.2) is 13.2 Å². The molecule has 0 heterocycles. The molecule has 0 aliphatic rings. The second-order valence-electron chi connectivity index (χ2n) is 8.78. The van der Waals surface area contributed by atoms with Gasteiger partial charge in [-0.2, -0.15) is 0 Å². The summed E-state index contributed by atoms with van der Waals surface area (Å²) in [6.07, 6.45) is 0.451. The van der Waals surface area contributed by atoms with Crippen molar-refractivity contribution in [3.8, 4) is 0 Å². The van der Waals surface area contributed by atoms with E-state index in [1.165, 1.54) is 24.3 Å². The Balaban J connectivity index is 1.61. The monoisotopic (exact) mass is 535 g/mol. The van der Waals surface area contributed by atoms with Gasteiger partial charge < -0.3 is 15.7 Å². The summed E-state index contributed by atoms with van der Waals surface area (Å²) in [5.41, 5.74) is 1.53. The van der Waals surface area contributed by atoms with Crippen LogP contribution in [0.5, 0.6) is 0 Å². The standard InChI is InChI=1S/C25H27Cl2N3O4S/c1-16(21-5-4-6-22(26)23(21)27)28-24(31)29-18-11-13-20(14-12-18)35(33,34)30-19-9-7-17(8-10-19)15-25(2,3)32/h4-14,16,30,32H,15H2,1-3H3,(H2,28,29,31)/t16-/m0/s1. The van der Waals surface area contributed by atoms with Gasteiger partial charge in [-0.3, -0.25) is 4.72 Å². The molecule has 0 radical (unpaired) electrons. The highest BCUT2D eigenvalue weighted by Crippen LogP contribution is 2.29. The van der Waals surface area contributed by atoms with Crippen LogP contribution in [0.3, 0.4) is 0 Å². The number of carbonyl (C=O) groups excluding carboxylic acids is 1. The smallest absolute Gasteiger partial charge is 0.319 e. The van der Waals surface area contributed by atoms with Crippen molar-refractivity contribution in [2.75, 3.05) is 10.0 Å². The largest absolute Gasteiger partial charge is 0.390 e. The van der Waals surface area contributed by atoms with Crippen molar-refractivity contribution in [1.82, 2.24) is 5.32 Å². The minimum absolute atomic E-state index is 0.0445. The summed E-state index contributed by atoms with van der Waals surface area (Å²) in [5, 5.41) is 16.1. The minimum Gasteiger partial charge on any atom is -0.390 e. The maximum absolute atomic E-state index is 12.7. The Kier molecular flexibility index (Phi) is 8.33. The van der Waals surface area contributed by atoms with Crippen LogP contribution in [0.1, 0.15) is 37.9 Å². The zero-order valence-corrected chi connectivity index (χ0v) is 21.8. The van der Waals surface area contributed by atoms with Gasteiger partial charge in [0.05, 0.1) is 26.6 Å². The first-order valence-electron chi connectivity index (χ1n) is 10.8. The van der Waals surface area contributed by atoms with E-state index in [0.29, 0.717) is 33.4 Å². The molecule has 0 saturated heterocycles. The SMILES string of the molecule is C[C@H](NC(=O)Nc1ccc(S(=O)(=O)Nc2ccc(CC(C)(C)O)cc2)cc1)c1cccc(Cl)c1Cl. The van der Waals surface area contributed by atoms with Crippen molar-refractivity contribution in [3.63, 3.8) is 0 Å². The Morgan fingerprint density at radius 3 is 2.17 bits per heavy atom. The number of nitrogens with one attached hydrogen (secondary N) is 3. The van der Waals surface area contributed by atoms with E-state index in [2.05, 4.69) is 15.4 Å². The molecule has 0 bridgehead atoms. The maximum Gasteiger partial charge on any atom is 0.319 e. The lowest BCUT2D eigenvalue weighted by atomic mass is 9.99. The molecular formula is C25H27Cl2N3O4S. The molecule has 0 aliphatic heterocycles. The lowest BCUT2D eigenvalue weighted by Crippen LogP contribution is -2.31. The van der Waals surface area contributed by atoms with Gasteiger partial charge in [0.15, 0.2) is 0 Å². The fourth-order valence-electron chi connectivity index (χ4n) is 3.42. The predicted molar refractivity (Wildman–Crippen MR) is 141 cm³/mol. The van der Waals surface area contributed by atoms with Crippen LogP contribution in [0.15, 0.2) is 71.6 Å². The van der Waals surface area contributed by atoms with Crippen molar-refractivity contribution in [2.24, 2.45) is 0 Å². The van der Waals surface area contributed by atoms with Crippen LogP contribution in [0.25, 0.3) is 0 Å². The first kappa shape index (κ1) is 26.8. The van der Waals surface area contributed by atoms with Crippen LogP contribution in [0.2, 0.25) is 10.0 Å². The van der Waals surface area contributed by atoms with Gasteiger partial charge in [0, 0.05) is 17.8 Å². The van der Waals surface area contributed by atoms with E-state index in [1.807, 2.05) is 0 Å². The molecule has 7 nitrogen and oxygen atoms in total. The second kappa shape index (κ2) is 10.9. The molecular weight excluding hydrogens is 509 g/mol. The van der Waals surface area contributed by atoms with Crippen LogP contribution < -0.4 is 15.4 Å². The molecule has 1 atom stereocenters. The van der Waals surface area contributed by atoms with Crippen LogP contribution >= 0.6 is 23.2 Å². The predicted octanol–water partition coefficient (Wildman–Crippen LogP) is 5.99. The Bertz CT molecular complexity index is 1290. The summed E-state index contributed by atoms with van der Waals surface area (Å²) in [4.78, 5) is 12.4. The number of urea groups is 1. The van der Waals surface area contributed by atoms with Gasteiger partial charge in [-0.05, 0) is 74.4 Å². The highest BCUT2D eigenvalue weighted by molar-refractivity contribution is 7.92. The average Bonchev–Trinajstić information content (AvgIpc) is 2.76. The van der Waals surface area contributed by atoms with E-state index >= 15 is 0 Å². The number of carbonyl (C=O) groups is 1. The van der Waals surface area contributed by atoms with Crippen molar-refractivity contribution in [3.05, 3.63) is 87.9 Å². The second-order valence-corrected chi connectivity index (χ2v) is 11.2. The third-order valence-corrected chi connectivity index (χ3v) is 7.29. The highest BCUT2D eigenvalue weighted by Gasteiger charge is 2.17. The molecule has 0 aliphatic carbocycles. The molecule has 35 heavy (non-hydrogen) atoms. The topological polar surface area (TPSA) is 108 Å².